The van der Waals surface area contributed by atoms with Gasteiger partial charge in [0.15, 0.2) is 6.20 Å². The fourth-order valence-electron chi connectivity index (χ4n) is 5.29. The van der Waals surface area contributed by atoms with Gasteiger partial charge in [-0.05, 0) is 42.5 Å². The van der Waals surface area contributed by atoms with Crippen molar-refractivity contribution in [1.29, 1.82) is 0 Å². The number of hydrogen-bond donors (Lipinski definition) is 0. The van der Waals surface area contributed by atoms with Crippen LogP contribution < -0.4 is 4.57 Å². The normalized spacial score (nSPS) is 12.6. The predicted molar refractivity (Wildman–Crippen MR) is 129 cm³/mol. The van der Waals surface area contributed by atoms with E-state index in [9.17, 15) is 0 Å². The van der Waals surface area contributed by atoms with Gasteiger partial charge in [-0.1, -0.05) is 30.3 Å². The van der Waals surface area contributed by atoms with E-state index in [1.165, 1.54) is 60.1 Å². The maximum atomic E-state index is 7.68. The summed E-state index contributed by atoms with van der Waals surface area (Å²) < 4.78 is 4.69. The molecular weight excluding hydrogens is 378 g/mol. The van der Waals surface area contributed by atoms with E-state index in [2.05, 4.69) is 89.4 Å². The smallest absolute Gasteiger partial charge is 0.252 e. The van der Waals surface area contributed by atoms with Crippen LogP contribution in [0.2, 0.25) is 0 Å². The number of benzene rings is 3. The van der Waals surface area contributed by atoms with Gasteiger partial charge in [-0.2, -0.15) is 4.57 Å². The highest BCUT2D eigenvalue weighted by Crippen LogP contribution is 2.41. The molecule has 0 radical (unpaired) electrons. The highest BCUT2D eigenvalue weighted by Gasteiger charge is 2.29. The Labute approximate surface area is 181 Å². The van der Waals surface area contributed by atoms with Crippen LogP contribution >= 0.6 is 0 Å². The van der Waals surface area contributed by atoms with Gasteiger partial charge in [0.25, 0.3) is 5.54 Å². The summed E-state index contributed by atoms with van der Waals surface area (Å²) in [6.45, 7) is 16.1. The second-order valence-electron chi connectivity index (χ2n) is 9.34. The van der Waals surface area contributed by atoms with Crippen molar-refractivity contribution in [3.8, 4) is 0 Å². The van der Waals surface area contributed by atoms with Gasteiger partial charge in [-0.15, -0.1) is 0 Å². The molecule has 0 saturated heterocycles. The first-order valence-corrected chi connectivity index (χ1v) is 10.7. The summed E-state index contributed by atoms with van der Waals surface area (Å²) in [5.74, 6) is 0. The van der Waals surface area contributed by atoms with Gasteiger partial charge < -0.3 is 9.25 Å². The van der Waals surface area contributed by atoms with Crippen LogP contribution in [0.25, 0.3) is 53.8 Å². The number of rotatable bonds is 1. The van der Waals surface area contributed by atoms with E-state index in [0.29, 0.717) is 0 Å². The van der Waals surface area contributed by atoms with Crippen molar-refractivity contribution in [2.24, 2.45) is 7.05 Å². The lowest BCUT2D eigenvalue weighted by Gasteiger charge is -2.15. The second kappa shape index (κ2) is 5.74. The quantitative estimate of drug-likeness (QED) is 0.127. The molecule has 0 unspecified atom stereocenters. The van der Waals surface area contributed by atoms with E-state index in [4.69, 9.17) is 6.57 Å². The molecule has 0 N–H and O–H groups in total. The Morgan fingerprint density at radius 2 is 1.74 bits per heavy atom. The third-order valence-corrected chi connectivity index (χ3v) is 7.18. The van der Waals surface area contributed by atoms with Crippen molar-refractivity contribution in [2.75, 3.05) is 0 Å². The third kappa shape index (κ3) is 2.15. The van der Waals surface area contributed by atoms with Crippen LogP contribution in [-0.4, -0.2) is 4.40 Å². The van der Waals surface area contributed by atoms with Crippen molar-refractivity contribution in [2.45, 2.75) is 33.2 Å². The molecular formula is C28H24N3+. The maximum absolute atomic E-state index is 7.68. The van der Waals surface area contributed by atoms with E-state index in [0.717, 1.165) is 5.56 Å². The zero-order valence-electron chi connectivity index (χ0n) is 18.5. The lowest BCUT2D eigenvalue weighted by atomic mass is 9.94. The molecule has 0 saturated carbocycles. The summed E-state index contributed by atoms with van der Waals surface area (Å²) in [5, 5.41) is 6.43. The van der Waals surface area contributed by atoms with Crippen LogP contribution in [0.3, 0.4) is 0 Å². The lowest BCUT2D eigenvalue weighted by molar-refractivity contribution is -0.644. The number of aromatic nitrogens is 2. The summed E-state index contributed by atoms with van der Waals surface area (Å²) in [5.41, 5.74) is 8.09. The highest BCUT2D eigenvalue weighted by atomic mass is 15.0. The van der Waals surface area contributed by atoms with Crippen molar-refractivity contribution < 1.29 is 4.57 Å². The topological polar surface area (TPSA) is 12.7 Å². The molecule has 0 spiro atoms. The van der Waals surface area contributed by atoms with Crippen LogP contribution in [0.1, 0.15) is 30.5 Å². The van der Waals surface area contributed by atoms with Crippen molar-refractivity contribution >= 4 is 49.0 Å². The first-order valence-electron chi connectivity index (χ1n) is 10.7. The van der Waals surface area contributed by atoms with E-state index in [1.54, 1.807) is 0 Å². The number of aryl methyl sites for hydroxylation is 3. The summed E-state index contributed by atoms with van der Waals surface area (Å²) >= 11 is 0. The van der Waals surface area contributed by atoms with Gasteiger partial charge in [-0.25, -0.2) is 6.57 Å². The van der Waals surface area contributed by atoms with Crippen molar-refractivity contribution in [1.82, 2.24) is 4.40 Å². The summed E-state index contributed by atoms with van der Waals surface area (Å²) in [4.78, 5) is 3.89. The van der Waals surface area contributed by atoms with Gasteiger partial charge in [0, 0.05) is 41.6 Å². The lowest BCUT2D eigenvalue weighted by Crippen LogP contribution is -2.29. The zero-order valence-corrected chi connectivity index (χ0v) is 18.5. The molecule has 150 valence electrons. The Bertz CT molecular complexity index is 1740. The van der Waals surface area contributed by atoms with E-state index in [1.807, 2.05) is 13.8 Å². The summed E-state index contributed by atoms with van der Waals surface area (Å²) in [6, 6.07) is 17.7. The van der Waals surface area contributed by atoms with E-state index in [-0.39, 0.29) is 0 Å². The Morgan fingerprint density at radius 3 is 2.52 bits per heavy atom. The summed E-state index contributed by atoms with van der Waals surface area (Å²) in [6.07, 6.45) is 2.18. The number of pyridine rings is 2. The molecule has 0 aliphatic carbocycles. The van der Waals surface area contributed by atoms with Crippen LogP contribution in [0.15, 0.2) is 54.7 Å². The minimum absolute atomic E-state index is 0.551. The van der Waals surface area contributed by atoms with Gasteiger partial charge in [0.05, 0.1) is 16.4 Å². The number of hydrogen-bond acceptors (Lipinski definition) is 0. The molecule has 0 aliphatic rings. The predicted octanol–water partition coefficient (Wildman–Crippen LogP) is 6.59. The van der Waals surface area contributed by atoms with Crippen LogP contribution in [0.4, 0.5) is 0 Å². The molecule has 0 amide bonds. The average Bonchev–Trinajstić information content (AvgIpc) is 3.09. The SMILES string of the molecule is [C-]#[N+]C(C)(C)c1ccc2c3cc[n+](C)c4c5c(C)c(C)cc6cccc(c65)n(c2c1)c34. The molecule has 6 aromatic rings. The Morgan fingerprint density at radius 1 is 0.935 bits per heavy atom. The van der Waals surface area contributed by atoms with Crippen LogP contribution in [0, 0.1) is 20.4 Å². The molecule has 0 atom stereocenters. The standard InChI is InChI=1S/C28H24N3/c1-16-14-18-8-7-9-22-25(18)24(17(16)2)27-26-21(12-13-30(27)6)20-11-10-19(28(3,4)29-5)15-23(20)31(22)26/h7-15H,1-4,6H3/q+1. The first kappa shape index (κ1) is 18.2. The second-order valence-corrected chi connectivity index (χ2v) is 9.34. The fourth-order valence-corrected chi connectivity index (χ4v) is 5.29. The first-order chi connectivity index (χ1) is 14.8. The van der Waals surface area contributed by atoms with Gasteiger partial charge in [0.2, 0.25) is 5.52 Å². The minimum Gasteiger partial charge on any atom is -0.306 e. The molecule has 6 rings (SSSR count). The molecule has 0 fully saturated rings. The van der Waals surface area contributed by atoms with E-state index < -0.39 is 5.54 Å². The Hall–Kier alpha value is -3.64. The fraction of sp³-hybridized carbons (Fsp3) is 0.214. The number of nitrogens with zero attached hydrogens (tertiary/aromatic N) is 3. The van der Waals surface area contributed by atoms with Crippen molar-refractivity contribution in [3.63, 3.8) is 0 Å². The van der Waals surface area contributed by atoms with Gasteiger partial charge in [-0.3, -0.25) is 0 Å². The van der Waals surface area contributed by atoms with Crippen molar-refractivity contribution in [3.05, 3.63) is 82.8 Å². The molecule has 3 heterocycles. The maximum Gasteiger partial charge on any atom is 0.252 e. The summed E-state index contributed by atoms with van der Waals surface area (Å²) in [7, 11) is 2.14. The molecule has 0 aliphatic heterocycles. The Kier molecular flexibility index (Phi) is 3.36. The average molecular weight is 403 g/mol. The van der Waals surface area contributed by atoms with E-state index >= 15 is 0 Å². The molecule has 3 heteroatoms. The molecule has 3 nitrogen and oxygen atoms in total. The van der Waals surface area contributed by atoms with Gasteiger partial charge >= 0.3 is 0 Å². The molecule has 3 aromatic carbocycles. The van der Waals surface area contributed by atoms with Crippen LogP contribution in [0.5, 0.6) is 0 Å². The molecule has 31 heavy (non-hydrogen) atoms. The Balaban J connectivity index is 2.01. The molecule has 0 bridgehead atoms. The monoisotopic (exact) mass is 402 g/mol. The third-order valence-electron chi connectivity index (χ3n) is 7.18. The van der Waals surface area contributed by atoms with Gasteiger partial charge in [0.1, 0.15) is 12.6 Å². The number of fused-ring (bicyclic) bond motifs is 5. The zero-order chi connectivity index (χ0) is 21.7. The highest BCUT2D eigenvalue weighted by molar-refractivity contribution is 6.25. The van der Waals surface area contributed by atoms with Crippen LogP contribution in [-0.2, 0) is 12.6 Å². The largest absolute Gasteiger partial charge is 0.306 e. The molecule has 3 aromatic heterocycles. The minimum atomic E-state index is -0.551.